The second kappa shape index (κ2) is 6.50. The summed E-state index contributed by atoms with van der Waals surface area (Å²) in [6.45, 7) is 2.69. The maximum absolute atomic E-state index is 10.4. The molecule has 84 valence electrons. The van der Waals surface area contributed by atoms with Crippen molar-refractivity contribution in [2.75, 3.05) is 32.4 Å². The largest absolute Gasteiger partial charge is 0.772 e. The molecule has 1 N–H and O–H groups in total. The van der Waals surface area contributed by atoms with Crippen LogP contribution < -0.4 is 5.32 Å². The predicted molar refractivity (Wildman–Crippen MR) is 56.9 cm³/mol. The number of likely N-dealkylation sites (tertiary alicyclic amines) is 1. The lowest BCUT2D eigenvalue weighted by Crippen LogP contribution is -2.39. The van der Waals surface area contributed by atoms with E-state index in [0.717, 1.165) is 13.1 Å². The van der Waals surface area contributed by atoms with Gasteiger partial charge in [0.1, 0.15) is 0 Å². The first-order chi connectivity index (χ1) is 6.72. The van der Waals surface area contributed by atoms with Gasteiger partial charge in [-0.3, -0.25) is 4.21 Å². The van der Waals surface area contributed by atoms with Crippen LogP contribution in [0, 0.1) is 0 Å². The van der Waals surface area contributed by atoms with Gasteiger partial charge in [-0.15, -0.1) is 0 Å². The fourth-order valence-corrected chi connectivity index (χ4v) is 2.27. The fraction of sp³-hybridized carbons (Fsp3) is 1.00. The summed E-state index contributed by atoms with van der Waals surface area (Å²) in [5, 5.41) is 3.27. The quantitative estimate of drug-likeness (QED) is 0.673. The molecule has 4 nitrogen and oxygen atoms in total. The summed E-state index contributed by atoms with van der Waals surface area (Å²) in [5.41, 5.74) is 0. The third-order valence-electron chi connectivity index (χ3n) is 2.74. The zero-order valence-electron chi connectivity index (χ0n) is 8.70. The predicted octanol–water partition coefficient (Wildman–Crippen LogP) is -0.0606. The summed E-state index contributed by atoms with van der Waals surface area (Å²) in [6.07, 6.45) is 3.62. The number of hydrogen-bond acceptors (Lipinski definition) is 4. The summed E-state index contributed by atoms with van der Waals surface area (Å²) in [6, 6.07) is 0.526. The maximum Gasteiger partial charge on any atom is 0.0229 e. The van der Waals surface area contributed by atoms with Gasteiger partial charge >= 0.3 is 0 Å². The first kappa shape index (κ1) is 12.1. The Balaban J connectivity index is 2.31. The molecular formula is C9H19N2O2S-. The van der Waals surface area contributed by atoms with Gasteiger partial charge in [-0.1, -0.05) is 17.5 Å². The number of hydrogen-bond donors (Lipinski definition) is 1. The molecule has 0 aromatic carbocycles. The van der Waals surface area contributed by atoms with E-state index in [1.807, 2.05) is 7.05 Å². The van der Waals surface area contributed by atoms with Gasteiger partial charge in [0.15, 0.2) is 0 Å². The van der Waals surface area contributed by atoms with Crippen molar-refractivity contribution in [3.63, 3.8) is 0 Å². The van der Waals surface area contributed by atoms with Crippen LogP contribution in [0.2, 0.25) is 0 Å². The molecule has 0 bridgehead atoms. The second-order valence-corrected chi connectivity index (χ2v) is 4.81. The first-order valence-electron chi connectivity index (χ1n) is 5.18. The van der Waals surface area contributed by atoms with Crippen LogP contribution >= 0.6 is 0 Å². The highest BCUT2D eigenvalue weighted by atomic mass is 32.2. The molecule has 0 aromatic rings. The van der Waals surface area contributed by atoms with E-state index in [2.05, 4.69) is 10.2 Å². The van der Waals surface area contributed by atoms with Gasteiger partial charge in [0.2, 0.25) is 0 Å². The second-order valence-electron chi connectivity index (χ2n) is 3.79. The molecule has 0 amide bonds. The highest BCUT2D eigenvalue weighted by Gasteiger charge is 2.15. The van der Waals surface area contributed by atoms with Gasteiger partial charge < -0.3 is 14.8 Å². The molecule has 14 heavy (non-hydrogen) atoms. The molecule has 0 radical (unpaired) electrons. The minimum absolute atomic E-state index is 0.260. The average molecular weight is 219 g/mol. The summed E-state index contributed by atoms with van der Waals surface area (Å²) in [4.78, 5) is 2.24. The number of likely N-dealkylation sites (N-methyl/N-ethyl adjacent to an activating group) is 1. The van der Waals surface area contributed by atoms with Crippen molar-refractivity contribution in [3.8, 4) is 0 Å². The Bertz CT molecular complexity index is 190. The SMILES string of the molecule is CNC1CCCCN(CCS(=O)[O-])C1. The van der Waals surface area contributed by atoms with Crippen LogP contribution in [0.4, 0.5) is 0 Å². The summed E-state index contributed by atoms with van der Waals surface area (Å²) in [7, 11) is 1.97. The van der Waals surface area contributed by atoms with Crippen LogP contribution in [-0.4, -0.2) is 52.1 Å². The van der Waals surface area contributed by atoms with E-state index >= 15 is 0 Å². The Morgan fingerprint density at radius 1 is 1.57 bits per heavy atom. The first-order valence-corrected chi connectivity index (χ1v) is 6.42. The monoisotopic (exact) mass is 219 g/mol. The average Bonchev–Trinajstić information content (AvgIpc) is 2.39. The molecule has 1 aliphatic rings. The molecule has 2 atom stereocenters. The summed E-state index contributed by atoms with van der Waals surface area (Å²) in [5.74, 6) is 0.260. The lowest BCUT2D eigenvalue weighted by molar-refractivity contribution is 0.276. The Morgan fingerprint density at radius 2 is 2.36 bits per heavy atom. The van der Waals surface area contributed by atoms with Crippen molar-refractivity contribution in [3.05, 3.63) is 0 Å². The van der Waals surface area contributed by atoms with E-state index in [-0.39, 0.29) is 5.75 Å². The molecular weight excluding hydrogens is 200 g/mol. The van der Waals surface area contributed by atoms with Crippen LogP contribution in [0.25, 0.3) is 0 Å². The number of nitrogens with zero attached hydrogens (tertiary/aromatic N) is 1. The number of rotatable bonds is 4. The van der Waals surface area contributed by atoms with Gasteiger partial charge in [0, 0.05) is 24.9 Å². The molecule has 0 spiro atoms. The van der Waals surface area contributed by atoms with Gasteiger partial charge in [0.25, 0.3) is 0 Å². The van der Waals surface area contributed by atoms with Crippen molar-refractivity contribution in [1.29, 1.82) is 0 Å². The van der Waals surface area contributed by atoms with Crippen LogP contribution in [0.5, 0.6) is 0 Å². The lowest BCUT2D eigenvalue weighted by Gasteiger charge is -2.24. The summed E-state index contributed by atoms with van der Waals surface area (Å²) < 4.78 is 20.9. The fourth-order valence-electron chi connectivity index (χ4n) is 1.86. The van der Waals surface area contributed by atoms with E-state index in [1.54, 1.807) is 0 Å². The zero-order valence-corrected chi connectivity index (χ0v) is 9.52. The standard InChI is InChI=1S/C9H20N2O2S/c1-10-9-4-2-3-5-11(8-9)6-7-14(12)13/h9-10H,2-8H2,1H3,(H,12,13)/p-1. The summed E-state index contributed by atoms with van der Waals surface area (Å²) >= 11 is -1.90. The molecule has 1 heterocycles. The lowest BCUT2D eigenvalue weighted by atomic mass is 10.1. The van der Waals surface area contributed by atoms with Gasteiger partial charge in [-0.05, 0) is 26.4 Å². The minimum atomic E-state index is -1.90. The Hall–Kier alpha value is 0.0300. The molecule has 5 heteroatoms. The normalized spacial score (nSPS) is 27.1. The topological polar surface area (TPSA) is 55.4 Å². The Kier molecular flexibility index (Phi) is 5.62. The van der Waals surface area contributed by atoms with Crippen LogP contribution in [0.1, 0.15) is 19.3 Å². The Morgan fingerprint density at radius 3 is 3.00 bits per heavy atom. The Labute approximate surface area is 88.3 Å². The van der Waals surface area contributed by atoms with Gasteiger partial charge in [-0.25, -0.2) is 0 Å². The van der Waals surface area contributed by atoms with E-state index in [1.165, 1.54) is 19.3 Å². The molecule has 2 unspecified atom stereocenters. The van der Waals surface area contributed by atoms with Crippen molar-refractivity contribution < 1.29 is 8.76 Å². The zero-order chi connectivity index (χ0) is 10.4. The van der Waals surface area contributed by atoms with Crippen molar-refractivity contribution in [1.82, 2.24) is 10.2 Å². The molecule has 0 aromatic heterocycles. The van der Waals surface area contributed by atoms with E-state index in [0.29, 0.717) is 12.6 Å². The van der Waals surface area contributed by atoms with Gasteiger partial charge in [-0.2, -0.15) is 0 Å². The molecule has 1 aliphatic heterocycles. The van der Waals surface area contributed by atoms with Crippen LogP contribution in [-0.2, 0) is 11.1 Å². The van der Waals surface area contributed by atoms with Crippen molar-refractivity contribution in [2.45, 2.75) is 25.3 Å². The minimum Gasteiger partial charge on any atom is -0.772 e. The highest BCUT2D eigenvalue weighted by molar-refractivity contribution is 7.79. The maximum atomic E-state index is 10.4. The van der Waals surface area contributed by atoms with E-state index in [9.17, 15) is 8.76 Å². The van der Waals surface area contributed by atoms with Crippen LogP contribution in [0.15, 0.2) is 0 Å². The molecule has 0 aliphatic carbocycles. The smallest absolute Gasteiger partial charge is 0.0229 e. The molecule has 0 saturated carbocycles. The third-order valence-corrected chi connectivity index (χ3v) is 3.25. The van der Waals surface area contributed by atoms with Crippen molar-refractivity contribution in [2.24, 2.45) is 0 Å². The molecule has 1 fully saturated rings. The van der Waals surface area contributed by atoms with Crippen molar-refractivity contribution >= 4 is 11.1 Å². The highest BCUT2D eigenvalue weighted by Crippen LogP contribution is 2.09. The van der Waals surface area contributed by atoms with E-state index in [4.69, 9.17) is 0 Å². The van der Waals surface area contributed by atoms with Gasteiger partial charge in [0.05, 0.1) is 0 Å². The molecule has 1 saturated heterocycles. The van der Waals surface area contributed by atoms with E-state index < -0.39 is 11.1 Å². The molecule has 1 rings (SSSR count). The number of nitrogens with one attached hydrogen (secondary N) is 1. The van der Waals surface area contributed by atoms with Crippen LogP contribution in [0.3, 0.4) is 0 Å². The third kappa shape index (κ3) is 4.50.